The summed E-state index contributed by atoms with van der Waals surface area (Å²) < 4.78 is 5.87. The van der Waals surface area contributed by atoms with E-state index < -0.39 is 0 Å². The van der Waals surface area contributed by atoms with E-state index in [4.69, 9.17) is 27.9 Å². The number of nitrogens with one attached hydrogen (secondary N) is 1. The molecule has 2 aromatic rings. The summed E-state index contributed by atoms with van der Waals surface area (Å²) in [7, 11) is 1.87. The molecule has 0 aliphatic rings. The number of hydrogen-bond acceptors (Lipinski definition) is 2. The fourth-order valence-corrected chi connectivity index (χ4v) is 2.53. The van der Waals surface area contributed by atoms with E-state index in [1.165, 1.54) is 5.56 Å². The first-order valence-corrected chi connectivity index (χ1v) is 7.16. The zero-order valence-electron chi connectivity index (χ0n) is 11.5. The average molecular weight is 310 g/mol. The summed E-state index contributed by atoms with van der Waals surface area (Å²) in [5.74, 6) is 0.686. The first-order valence-electron chi connectivity index (χ1n) is 6.41. The van der Waals surface area contributed by atoms with Crippen molar-refractivity contribution in [3.05, 3.63) is 63.1 Å². The fourth-order valence-electron chi connectivity index (χ4n) is 1.94. The van der Waals surface area contributed by atoms with Crippen LogP contribution in [0.3, 0.4) is 0 Å². The lowest BCUT2D eigenvalue weighted by molar-refractivity contribution is 0.302. The van der Waals surface area contributed by atoms with Crippen LogP contribution in [-0.2, 0) is 13.2 Å². The lowest BCUT2D eigenvalue weighted by Crippen LogP contribution is -2.08. The molecule has 0 spiro atoms. The van der Waals surface area contributed by atoms with Crippen molar-refractivity contribution in [2.75, 3.05) is 7.05 Å². The maximum atomic E-state index is 6.22. The van der Waals surface area contributed by atoms with Gasteiger partial charge in [0.05, 0.1) is 5.02 Å². The average Bonchev–Trinajstić information content (AvgIpc) is 2.40. The van der Waals surface area contributed by atoms with Gasteiger partial charge in [0.15, 0.2) is 0 Å². The molecule has 2 nitrogen and oxygen atoms in total. The van der Waals surface area contributed by atoms with Gasteiger partial charge in [-0.05, 0) is 31.7 Å². The summed E-state index contributed by atoms with van der Waals surface area (Å²) in [4.78, 5) is 0. The molecule has 0 aliphatic heterocycles. The SMILES string of the molecule is CNCc1cc(Cl)cc(Cl)c1OCc1ccc(C)cc1. The Morgan fingerprint density at radius 3 is 2.45 bits per heavy atom. The molecule has 0 unspecified atom stereocenters. The van der Waals surface area contributed by atoms with Crippen LogP contribution >= 0.6 is 23.2 Å². The Kier molecular flexibility index (Phi) is 5.30. The van der Waals surface area contributed by atoms with Gasteiger partial charge in [-0.2, -0.15) is 0 Å². The minimum absolute atomic E-state index is 0.484. The van der Waals surface area contributed by atoms with Crippen LogP contribution in [0.5, 0.6) is 5.75 Å². The highest BCUT2D eigenvalue weighted by atomic mass is 35.5. The molecule has 0 heterocycles. The van der Waals surface area contributed by atoms with Crippen LogP contribution in [0.2, 0.25) is 10.0 Å². The van der Waals surface area contributed by atoms with Crippen LogP contribution in [0.25, 0.3) is 0 Å². The van der Waals surface area contributed by atoms with Gasteiger partial charge in [-0.1, -0.05) is 53.0 Å². The number of ether oxygens (including phenoxy) is 1. The zero-order valence-corrected chi connectivity index (χ0v) is 13.1. The monoisotopic (exact) mass is 309 g/mol. The van der Waals surface area contributed by atoms with E-state index >= 15 is 0 Å². The van der Waals surface area contributed by atoms with Crippen molar-refractivity contribution in [3.63, 3.8) is 0 Å². The van der Waals surface area contributed by atoms with Gasteiger partial charge in [-0.3, -0.25) is 0 Å². The van der Waals surface area contributed by atoms with Crippen LogP contribution < -0.4 is 10.1 Å². The van der Waals surface area contributed by atoms with Crippen LogP contribution in [0, 0.1) is 6.92 Å². The smallest absolute Gasteiger partial charge is 0.142 e. The normalized spacial score (nSPS) is 10.6. The van der Waals surface area contributed by atoms with Crippen molar-refractivity contribution in [3.8, 4) is 5.75 Å². The second kappa shape index (κ2) is 6.98. The quantitative estimate of drug-likeness (QED) is 0.871. The molecular formula is C16H17Cl2NO. The van der Waals surface area contributed by atoms with Gasteiger partial charge >= 0.3 is 0 Å². The first-order chi connectivity index (χ1) is 9.60. The third-order valence-corrected chi connectivity index (χ3v) is 3.46. The van der Waals surface area contributed by atoms with Crippen LogP contribution in [0.15, 0.2) is 36.4 Å². The summed E-state index contributed by atoms with van der Waals surface area (Å²) in [6.45, 7) is 3.20. The fraction of sp³-hybridized carbons (Fsp3) is 0.250. The molecule has 0 aromatic heterocycles. The number of rotatable bonds is 5. The second-order valence-corrected chi connectivity index (χ2v) is 5.52. The van der Waals surface area contributed by atoms with E-state index in [0.717, 1.165) is 11.1 Å². The predicted molar refractivity (Wildman–Crippen MR) is 84.7 cm³/mol. The number of aryl methyl sites for hydroxylation is 1. The highest BCUT2D eigenvalue weighted by molar-refractivity contribution is 6.35. The Balaban J connectivity index is 2.17. The first kappa shape index (κ1) is 15.2. The molecule has 0 amide bonds. The van der Waals surface area contributed by atoms with E-state index in [1.807, 2.05) is 13.1 Å². The molecule has 0 atom stereocenters. The van der Waals surface area contributed by atoms with Gasteiger partial charge in [0, 0.05) is 17.1 Å². The van der Waals surface area contributed by atoms with E-state index in [2.05, 4.69) is 36.5 Å². The molecule has 20 heavy (non-hydrogen) atoms. The van der Waals surface area contributed by atoms with Crippen molar-refractivity contribution in [1.82, 2.24) is 5.32 Å². The number of benzene rings is 2. The molecule has 2 aromatic carbocycles. The van der Waals surface area contributed by atoms with Crippen molar-refractivity contribution in [2.45, 2.75) is 20.1 Å². The van der Waals surface area contributed by atoms with Gasteiger partial charge in [-0.15, -0.1) is 0 Å². The number of hydrogen-bond donors (Lipinski definition) is 1. The van der Waals surface area contributed by atoms with Gasteiger partial charge in [0.2, 0.25) is 0 Å². The van der Waals surface area contributed by atoms with Gasteiger partial charge in [-0.25, -0.2) is 0 Å². The summed E-state index contributed by atoms with van der Waals surface area (Å²) in [6.07, 6.45) is 0. The summed E-state index contributed by atoms with van der Waals surface area (Å²) in [6, 6.07) is 11.8. The molecule has 4 heteroatoms. The standard InChI is InChI=1S/C16H17Cl2NO/c1-11-3-5-12(6-4-11)10-20-16-13(9-19-2)7-14(17)8-15(16)18/h3-8,19H,9-10H2,1-2H3. The third kappa shape index (κ3) is 3.89. The summed E-state index contributed by atoms with van der Waals surface area (Å²) in [5, 5.41) is 4.24. The molecule has 0 saturated carbocycles. The largest absolute Gasteiger partial charge is 0.487 e. The Hall–Kier alpha value is -1.22. The van der Waals surface area contributed by atoms with Crippen molar-refractivity contribution in [1.29, 1.82) is 0 Å². The van der Waals surface area contributed by atoms with Crippen molar-refractivity contribution < 1.29 is 4.74 Å². The van der Waals surface area contributed by atoms with E-state index in [9.17, 15) is 0 Å². The Morgan fingerprint density at radius 1 is 1.10 bits per heavy atom. The minimum atomic E-state index is 0.484. The molecule has 0 aliphatic carbocycles. The van der Waals surface area contributed by atoms with Crippen LogP contribution in [-0.4, -0.2) is 7.05 Å². The third-order valence-electron chi connectivity index (χ3n) is 2.96. The maximum Gasteiger partial charge on any atom is 0.142 e. The molecule has 2 rings (SSSR count). The molecule has 1 N–H and O–H groups in total. The van der Waals surface area contributed by atoms with Crippen molar-refractivity contribution in [2.24, 2.45) is 0 Å². The predicted octanol–water partition coefficient (Wildman–Crippen LogP) is 4.60. The topological polar surface area (TPSA) is 21.3 Å². The lowest BCUT2D eigenvalue weighted by atomic mass is 10.1. The van der Waals surface area contributed by atoms with E-state index in [1.54, 1.807) is 6.07 Å². The van der Waals surface area contributed by atoms with E-state index in [0.29, 0.717) is 28.9 Å². The van der Waals surface area contributed by atoms with Crippen LogP contribution in [0.1, 0.15) is 16.7 Å². The minimum Gasteiger partial charge on any atom is -0.487 e. The lowest BCUT2D eigenvalue weighted by Gasteiger charge is -2.14. The Bertz CT molecular complexity index is 582. The summed E-state index contributed by atoms with van der Waals surface area (Å²) in [5.41, 5.74) is 3.29. The highest BCUT2D eigenvalue weighted by Gasteiger charge is 2.10. The van der Waals surface area contributed by atoms with Crippen molar-refractivity contribution >= 4 is 23.2 Å². The highest BCUT2D eigenvalue weighted by Crippen LogP contribution is 2.33. The maximum absolute atomic E-state index is 6.22. The Labute approximate surface area is 129 Å². The summed E-state index contributed by atoms with van der Waals surface area (Å²) >= 11 is 12.2. The van der Waals surface area contributed by atoms with Gasteiger partial charge in [0.25, 0.3) is 0 Å². The van der Waals surface area contributed by atoms with Gasteiger partial charge in [0.1, 0.15) is 12.4 Å². The molecule has 0 bridgehead atoms. The zero-order chi connectivity index (χ0) is 14.5. The van der Waals surface area contributed by atoms with Gasteiger partial charge < -0.3 is 10.1 Å². The van der Waals surface area contributed by atoms with E-state index in [-0.39, 0.29) is 0 Å². The number of halogens is 2. The molecular weight excluding hydrogens is 293 g/mol. The molecule has 106 valence electrons. The second-order valence-electron chi connectivity index (χ2n) is 4.68. The molecule has 0 saturated heterocycles. The molecule has 0 fully saturated rings. The Morgan fingerprint density at radius 2 is 1.80 bits per heavy atom. The molecule has 0 radical (unpaired) electrons. The van der Waals surface area contributed by atoms with Crippen LogP contribution in [0.4, 0.5) is 0 Å².